The van der Waals surface area contributed by atoms with Crippen molar-refractivity contribution in [3.05, 3.63) is 23.5 Å². The zero-order valence-corrected chi connectivity index (χ0v) is 11.5. The zero-order chi connectivity index (χ0) is 14.1. The van der Waals surface area contributed by atoms with Crippen LogP contribution in [-0.4, -0.2) is 44.9 Å². The monoisotopic (exact) mass is 291 g/mol. The van der Waals surface area contributed by atoms with Gasteiger partial charge in [0.25, 0.3) is 5.91 Å². The van der Waals surface area contributed by atoms with Crippen LogP contribution in [0.2, 0.25) is 0 Å². The van der Waals surface area contributed by atoms with Gasteiger partial charge in [0.2, 0.25) is 0 Å². The lowest BCUT2D eigenvalue weighted by molar-refractivity contribution is -0.143. The number of likely N-dealkylation sites (tertiary alicyclic amines) is 1. The van der Waals surface area contributed by atoms with E-state index in [4.69, 9.17) is 5.11 Å². The maximum absolute atomic E-state index is 12.5. The van der Waals surface area contributed by atoms with Crippen LogP contribution in [-0.2, 0) is 4.79 Å². The number of aliphatic carboxylic acids is 1. The van der Waals surface area contributed by atoms with Crippen molar-refractivity contribution in [1.82, 2.24) is 14.9 Å². The maximum Gasteiger partial charge on any atom is 0.306 e. The molecule has 0 unspecified atom stereocenters. The van der Waals surface area contributed by atoms with Gasteiger partial charge in [0, 0.05) is 13.1 Å². The molecule has 0 atom stereocenters. The molecule has 0 radical (unpaired) electrons. The van der Waals surface area contributed by atoms with Crippen LogP contribution in [0.5, 0.6) is 0 Å². The number of fused-ring (bicyclic) bond motifs is 1. The lowest BCUT2D eigenvalue weighted by Gasteiger charge is -2.29. The number of hydrogen-bond acceptors (Lipinski definition) is 5. The van der Waals surface area contributed by atoms with E-state index in [0.717, 1.165) is 10.2 Å². The van der Waals surface area contributed by atoms with E-state index < -0.39 is 5.97 Å². The van der Waals surface area contributed by atoms with Crippen molar-refractivity contribution in [1.29, 1.82) is 0 Å². The van der Waals surface area contributed by atoms with Crippen LogP contribution >= 0.6 is 11.3 Å². The van der Waals surface area contributed by atoms with Crippen LogP contribution in [0.4, 0.5) is 0 Å². The molecule has 7 heteroatoms. The van der Waals surface area contributed by atoms with Crippen molar-refractivity contribution in [3.8, 4) is 0 Å². The first kappa shape index (κ1) is 13.0. The molecule has 1 fully saturated rings. The molecule has 1 N–H and O–H groups in total. The second-order valence-electron chi connectivity index (χ2n) is 4.76. The zero-order valence-electron chi connectivity index (χ0n) is 10.7. The molecule has 0 aliphatic carbocycles. The summed E-state index contributed by atoms with van der Waals surface area (Å²) in [7, 11) is 0. The first-order valence-corrected chi connectivity index (χ1v) is 7.25. The molecule has 104 valence electrons. The highest BCUT2D eigenvalue weighted by Crippen LogP contribution is 2.24. The quantitative estimate of drug-likeness (QED) is 0.909. The van der Waals surface area contributed by atoms with Gasteiger partial charge >= 0.3 is 5.97 Å². The molecule has 0 bridgehead atoms. The Labute approximate surface area is 119 Å². The van der Waals surface area contributed by atoms with Crippen LogP contribution in [0.25, 0.3) is 10.2 Å². The number of carboxylic acid groups (broad SMARTS) is 1. The third-order valence-electron chi connectivity index (χ3n) is 3.58. The van der Waals surface area contributed by atoms with Crippen molar-refractivity contribution >= 4 is 33.4 Å². The molecule has 2 aromatic rings. The molecule has 0 spiro atoms. The van der Waals surface area contributed by atoms with Gasteiger partial charge in [-0.3, -0.25) is 9.59 Å². The number of carbonyl (C=O) groups excluding carboxylic acids is 1. The molecule has 3 heterocycles. The minimum Gasteiger partial charge on any atom is -0.481 e. The lowest BCUT2D eigenvalue weighted by Crippen LogP contribution is -2.40. The van der Waals surface area contributed by atoms with Crippen molar-refractivity contribution in [3.63, 3.8) is 0 Å². The van der Waals surface area contributed by atoms with Gasteiger partial charge in [0.05, 0.1) is 16.1 Å². The SMILES string of the molecule is O=C(O)C1CCN(C(=O)c2ncnc3ccsc23)CC1. The molecule has 0 saturated carbocycles. The summed E-state index contributed by atoms with van der Waals surface area (Å²) in [4.78, 5) is 33.3. The van der Waals surface area contributed by atoms with E-state index in [0.29, 0.717) is 31.6 Å². The largest absolute Gasteiger partial charge is 0.481 e. The van der Waals surface area contributed by atoms with E-state index in [1.807, 2.05) is 11.4 Å². The minimum atomic E-state index is -0.778. The Hall–Kier alpha value is -2.02. The number of amides is 1. The first-order chi connectivity index (χ1) is 9.66. The van der Waals surface area contributed by atoms with Gasteiger partial charge in [-0.15, -0.1) is 11.3 Å². The Morgan fingerprint density at radius 2 is 2.05 bits per heavy atom. The van der Waals surface area contributed by atoms with Crippen LogP contribution in [0.15, 0.2) is 17.8 Å². The van der Waals surface area contributed by atoms with Gasteiger partial charge in [0.15, 0.2) is 0 Å². The highest BCUT2D eigenvalue weighted by molar-refractivity contribution is 7.17. The second kappa shape index (κ2) is 5.16. The van der Waals surface area contributed by atoms with E-state index in [9.17, 15) is 9.59 Å². The summed E-state index contributed by atoms with van der Waals surface area (Å²) < 4.78 is 0.790. The molecule has 3 rings (SSSR count). The van der Waals surface area contributed by atoms with E-state index in [1.54, 1.807) is 4.90 Å². The van der Waals surface area contributed by atoms with E-state index >= 15 is 0 Å². The summed E-state index contributed by atoms with van der Waals surface area (Å²) >= 11 is 1.45. The number of hydrogen-bond donors (Lipinski definition) is 1. The summed E-state index contributed by atoms with van der Waals surface area (Å²) in [5.74, 6) is -1.25. The van der Waals surface area contributed by atoms with Gasteiger partial charge in [-0.25, -0.2) is 9.97 Å². The van der Waals surface area contributed by atoms with Crippen LogP contribution in [0.1, 0.15) is 23.3 Å². The molecule has 1 saturated heterocycles. The topological polar surface area (TPSA) is 83.4 Å². The molecule has 1 amide bonds. The number of carboxylic acids is 1. The number of rotatable bonds is 2. The molecular formula is C13H13N3O3S. The summed E-state index contributed by atoms with van der Waals surface area (Å²) in [6.07, 6.45) is 2.39. The molecule has 1 aliphatic heterocycles. The Bertz CT molecular complexity index is 662. The minimum absolute atomic E-state index is 0.135. The van der Waals surface area contributed by atoms with E-state index in [1.165, 1.54) is 17.7 Å². The molecule has 2 aromatic heterocycles. The molecular weight excluding hydrogens is 278 g/mol. The summed E-state index contributed by atoms with van der Waals surface area (Å²) in [5, 5.41) is 10.9. The summed E-state index contributed by atoms with van der Waals surface area (Å²) in [6, 6.07) is 1.86. The fourth-order valence-electron chi connectivity index (χ4n) is 2.42. The fraction of sp³-hybridized carbons (Fsp3) is 0.385. The van der Waals surface area contributed by atoms with Crippen LogP contribution in [0.3, 0.4) is 0 Å². The van der Waals surface area contributed by atoms with Crippen molar-refractivity contribution in [2.75, 3.05) is 13.1 Å². The standard InChI is InChI=1S/C13H13N3O3S/c17-12(16-4-1-8(2-5-16)13(18)19)10-11-9(3-6-20-11)14-7-15-10/h3,6-8H,1-2,4-5H2,(H,18,19). The van der Waals surface area contributed by atoms with Gasteiger partial charge in [-0.05, 0) is 24.3 Å². The second-order valence-corrected chi connectivity index (χ2v) is 5.68. The van der Waals surface area contributed by atoms with Crippen LogP contribution < -0.4 is 0 Å². The van der Waals surface area contributed by atoms with Gasteiger partial charge < -0.3 is 10.0 Å². The summed E-state index contributed by atoms with van der Waals surface area (Å²) in [5.41, 5.74) is 1.19. The third-order valence-corrected chi connectivity index (χ3v) is 4.49. The van der Waals surface area contributed by atoms with Gasteiger partial charge in [-0.2, -0.15) is 0 Å². The normalized spacial score (nSPS) is 16.5. The Balaban J connectivity index is 1.80. The fourth-order valence-corrected chi connectivity index (χ4v) is 3.25. The smallest absolute Gasteiger partial charge is 0.306 e. The number of carbonyl (C=O) groups is 2. The predicted molar refractivity (Wildman–Crippen MR) is 73.7 cm³/mol. The molecule has 6 nitrogen and oxygen atoms in total. The third kappa shape index (κ3) is 2.24. The Kier molecular flexibility index (Phi) is 3.35. The Morgan fingerprint density at radius 1 is 1.30 bits per heavy atom. The number of aromatic nitrogens is 2. The van der Waals surface area contributed by atoms with Crippen molar-refractivity contribution < 1.29 is 14.7 Å². The Morgan fingerprint density at radius 3 is 2.75 bits per heavy atom. The molecule has 20 heavy (non-hydrogen) atoms. The average molecular weight is 291 g/mol. The highest BCUT2D eigenvalue weighted by Gasteiger charge is 2.28. The average Bonchev–Trinajstić information content (AvgIpc) is 2.95. The molecule has 0 aromatic carbocycles. The number of nitrogens with zero attached hydrogens (tertiary/aromatic N) is 3. The van der Waals surface area contributed by atoms with Gasteiger partial charge in [-0.1, -0.05) is 0 Å². The maximum atomic E-state index is 12.5. The molecule has 1 aliphatic rings. The van der Waals surface area contributed by atoms with Crippen molar-refractivity contribution in [2.45, 2.75) is 12.8 Å². The number of piperidine rings is 1. The van der Waals surface area contributed by atoms with Gasteiger partial charge in [0.1, 0.15) is 12.0 Å². The van der Waals surface area contributed by atoms with E-state index in [2.05, 4.69) is 9.97 Å². The van der Waals surface area contributed by atoms with E-state index in [-0.39, 0.29) is 11.8 Å². The predicted octanol–water partition coefficient (Wildman–Crippen LogP) is 1.63. The summed E-state index contributed by atoms with van der Waals surface area (Å²) in [6.45, 7) is 0.930. The first-order valence-electron chi connectivity index (χ1n) is 6.37. The lowest BCUT2D eigenvalue weighted by atomic mass is 9.97. The highest BCUT2D eigenvalue weighted by atomic mass is 32.1. The van der Waals surface area contributed by atoms with Crippen LogP contribution in [0, 0.1) is 5.92 Å². The van der Waals surface area contributed by atoms with Crippen molar-refractivity contribution in [2.24, 2.45) is 5.92 Å². The number of thiophene rings is 1.